The Kier molecular flexibility index (Phi) is 5.78. The third kappa shape index (κ3) is 4.75. The van der Waals surface area contributed by atoms with Gasteiger partial charge in [-0.1, -0.05) is 0 Å². The standard InChI is InChI=1S/C7H17N3O/c1-3-10(4-2)6-5-7(11)9-8/h3-6,8H2,1-2H3,(H,9,11)/p+1. The van der Waals surface area contributed by atoms with Crippen LogP contribution in [-0.2, 0) is 4.79 Å². The van der Waals surface area contributed by atoms with Crippen molar-refractivity contribution in [3.8, 4) is 0 Å². The molecule has 0 aromatic heterocycles. The maximum absolute atomic E-state index is 10.7. The van der Waals surface area contributed by atoms with Crippen molar-refractivity contribution in [2.75, 3.05) is 19.6 Å². The number of hydrazine groups is 1. The summed E-state index contributed by atoms with van der Waals surface area (Å²) in [5.74, 6) is 4.85. The summed E-state index contributed by atoms with van der Waals surface area (Å²) in [4.78, 5) is 12.1. The van der Waals surface area contributed by atoms with Gasteiger partial charge in [-0.05, 0) is 13.8 Å². The molecule has 0 atom stereocenters. The van der Waals surface area contributed by atoms with E-state index in [2.05, 4.69) is 19.3 Å². The molecule has 0 aromatic rings. The topological polar surface area (TPSA) is 59.6 Å². The van der Waals surface area contributed by atoms with Crippen molar-refractivity contribution >= 4 is 5.91 Å². The minimum Gasteiger partial charge on any atom is -0.335 e. The first-order valence-electron chi connectivity index (χ1n) is 4.07. The molecular weight excluding hydrogens is 142 g/mol. The molecule has 0 rings (SSSR count). The van der Waals surface area contributed by atoms with Gasteiger partial charge in [0.25, 0.3) is 0 Å². The molecule has 0 heterocycles. The highest BCUT2D eigenvalue weighted by atomic mass is 16.2. The molecule has 0 aromatic carbocycles. The Bertz CT molecular complexity index is 112. The number of hydrogen-bond donors (Lipinski definition) is 3. The minimum atomic E-state index is -0.0793. The minimum absolute atomic E-state index is 0.0793. The van der Waals surface area contributed by atoms with E-state index in [9.17, 15) is 4.79 Å². The molecule has 4 heteroatoms. The summed E-state index contributed by atoms with van der Waals surface area (Å²) >= 11 is 0. The lowest BCUT2D eigenvalue weighted by atomic mass is 10.3. The predicted molar refractivity (Wildman–Crippen MR) is 43.9 cm³/mol. The molecule has 0 aliphatic rings. The van der Waals surface area contributed by atoms with Gasteiger partial charge in [0.15, 0.2) is 0 Å². The molecule has 11 heavy (non-hydrogen) atoms. The zero-order valence-electron chi connectivity index (χ0n) is 7.31. The largest absolute Gasteiger partial charge is 0.335 e. The monoisotopic (exact) mass is 160 g/mol. The maximum Gasteiger partial charge on any atom is 0.239 e. The van der Waals surface area contributed by atoms with Crippen LogP contribution in [0.15, 0.2) is 0 Å². The van der Waals surface area contributed by atoms with Crippen molar-refractivity contribution in [2.24, 2.45) is 5.84 Å². The Morgan fingerprint density at radius 2 is 2.00 bits per heavy atom. The Balaban J connectivity index is 3.42. The van der Waals surface area contributed by atoms with E-state index in [1.165, 1.54) is 4.90 Å². The first-order valence-corrected chi connectivity index (χ1v) is 4.07. The second-order valence-electron chi connectivity index (χ2n) is 2.52. The smallest absolute Gasteiger partial charge is 0.239 e. The van der Waals surface area contributed by atoms with Gasteiger partial charge in [-0.25, -0.2) is 5.84 Å². The molecule has 0 saturated heterocycles. The number of carbonyl (C=O) groups is 1. The van der Waals surface area contributed by atoms with Crippen LogP contribution in [0.5, 0.6) is 0 Å². The lowest BCUT2D eigenvalue weighted by Crippen LogP contribution is -3.11. The molecule has 66 valence electrons. The summed E-state index contributed by atoms with van der Waals surface area (Å²) in [6, 6.07) is 0. The fourth-order valence-corrected chi connectivity index (χ4v) is 0.966. The first kappa shape index (κ1) is 10.4. The number of nitrogens with one attached hydrogen (secondary N) is 2. The van der Waals surface area contributed by atoms with Crippen molar-refractivity contribution < 1.29 is 9.69 Å². The van der Waals surface area contributed by atoms with Gasteiger partial charge in [-0.15, -0.1) is 0 Å². The molecule has 4 N–H and O–H groups in total. The molecular formula is C7H18N3O+. The summed E-state index contributed by atoms with van der Waals surface area (Å²) < 4.78 is 0. The molecule has 0 aliphatic heterocycles. The fraction of sp³-hybridized carbons (Fsp3) is 0.857. The van der Waals surface area contributed by atoms with Crippen LogP contribution in [0.1, 0.15) is 20.3 Å². The Morgan fingerprint density at radius 3 is 2.36 bits per heavy atom. The normalized spacial score (nSPS) is 10.2. The lowest BCUT2D eigenvalue weighted by Gasteiger charge is -2.13. The first-order chi connectivity index (χ1) is 5.24. The van der Waals surface area contributed by atoms with Gasteiger partial charge in [0.05, 0.1) is 26.1 Å². The Hall–Kier alpha value is -0.610. The third-order valence-corrected chi connectivity index (χ3v) is 1.87. The summed E-state index contributed by atoms with van der Waals surface area (Å²) in [7, 11) is 0. The molecule has 1 amide bonds. The van der Waals surface area contributed by atoms with Crippen molar-refractivity contribution in [1.82, 2.24) is 5.43 Å². The van der Waals surface area contributed by atoms with E-state index in [1.807, 2.05) is 0 Å². The van der Waals surface area contributed by atoms with E-state index >= 15 is 0 Å². The maximum atomic E-state index is 10.7. The van der Waals surface area contributed by atoms with E-state index in [1.54, 1.807) is 0 Å². The second kappa shape index (κ2) is 6.12. The van der Waals surface area contributed by atoms with Crippen LogP contribution in [0, 0.1) is 0 Å². The molecule has 4 nitrogen and oxygen atoms in total. The Morgan fingerprint density at radius 1 is 1.45 bits per heavy atom. The van der Waals surface area contributed by atoms with E-state index in [-0.39, 0.29) is 5.91 Å². The van der Waals surface area contributed by atoms with E-state index in [0.717, 1.165) is 19.6 Å². The molecule has 0 unspecified atom stereocenters. The van der Waals surface area contributed by atoms with Gasteiger partial charge in [0, 0.05) is 0 Å². The van der Waals surface area contributed by atoms with Crippen molar-refractivity contribution in [1.29, 1.82) is 0 Å². The molecule has 0 saturated carbocycles. The van der Waals surface area contributed by atoms with Gasteiger partial charge in [0.1, 0.15) is 0 Å². The summed E-state index contributed by atoms with van der Waals surface area (Å²) in [5.41, 5.74) is 2.12. The molecule has 0 bridgehead atoms. The van der Waals surface area contributed by atoms with Crippen molar-refractivity contribution in [2.45, 2.75) is 20.3 Å². The fourth-order valence-electron chi connectivity index (χ4n) is 0.966. The predicted octanol–water partition coefficient (Wildman–Crippen LogP) is -1.71. The average Bonchev–Trinajstić information content (AvgIpc) is 2.06. The second-order valence-corrected chi connectivity index (χ2v) is 2.52. The number of hydrogen-bond acceptors (Lipinski definition) is 2. The molecule has 0 spiro atoms. The lowest BCUT2D eigenvalue weighted by molar-refractivity contribution is -0.895. The highest BCUT2D eigenvalue weighted by Gasteiger charge is 2.05. The Labute approximate surface area is 67.7 Å². The van der Waals surface area contributed by atoms with Crippen LogP contribution in [0.4, 0.5) is 0 Å². The average molecular weight is 160 g/mol. The zero-order valence-corrected chi connectivity index (χ0v) is 7.31. The number of carbonyl (C=O) groups excluding carboxylic acids is 1. The molecule has 0 fully saturated rings. The summed E-state index contributed by atoms with van der Waals surface area (Å²) in [5, 5.41) is 0. The van der Waals surface area contributed by atoms with Gasteiger partial charge >= 0.3 is 0 Å². The van der Waals surface area contributed by atoms with E-state index < -0.39 is 0 Å². The highest BCUT2D eigenvalue weighted by Crippen LogP contribution is 1.69. The van der Waals surface area contributed by atoms with E-state index in [4.69, 9.17) is 5.84 Å². The van der Waals surface area contributed by atoms with Crippen LogP contribution in [0.2, 0.25) is 0 Å². The van der Waals surface area contributed by atoms with Crippen LogP contribution < -0.4 is 16.2 Å². The molecule has 0 aliphatic carbocycles. The van der Waals surface area contributed by atoms with Gasteiger partial charge in [-0.2, -0.15) is 0 Å². The third-order valence-electron chi connectivity index (χ3n) is 1.87. The highest BCUT2D eigenvalue weighted by molar-refractivity contribution is 5.75. The number of rotatable bonds is 5. The van der Waals surface area contributed by atoms with Crippen LogP contribution in [0.3, 0.4) is 0 Å². The number of nitrogens with two attached hydrogens (primary N) is 1. The zero-order chi connectivity index (χ0) is 8.69. The van der Waals surface area contributed by atoms with E-state index in [0.29, 0.717) is 6.42 Å². The summed E-state index contributed by atoms with van der Waals surface area (Å²) in [6.45, 7) is 7.22. The number of quaternary nitrogens is 1. The molecule has 0 radical (unpaired) electrons. The van der Waals surface area contributed by atoms with Gasteiger partial charge in [-0.3, -0.25) is 10.2 Å². The van der Waals surface area contributed by atoms with Crippen LogP contribution in [-0.4, -0.2) is 25.5 Å². The van der Waals surface area contributed by atoms with Gasteiger partial charge < -0.3 is 4.90 Å². The van der Waals surface area contributed by atoms with Crippen molar-refractivity contribution in [3.05, 3.63) is 0 Å². The SMILES string of the molecule is CC[NH+](CC)CCC(=O)NN. The number of amides is 1. The quantitative estimate of drug-likeness (QED) is 0.255. The van der Waals surface area contributed by atoms with Crippen LogP contribution in [0.25, 0.3) is 0 Å². The van der Waals surface area contributed by atoms with Gasteiger partial charge in [0.2, 0.25) is 5.91 Å². The van der Waals surface area contributed by atoms with Crippen molar-refractivity contribution in [3.63, 3.8) is 0 Å². The van der Waals surface area contributed by atoms with Crippen LogP contribution >= 0.6 is 0 Å². The summed E-state index contributed by atoms with van der Waals surface area (Å²) in [6.07, 6.45) is 0.521.